The monoisotopic (exact) mass is 364 g/mol. The number of nitrogens with zero attached hydrogens (tertiary/aromatic N) is 3. The number of pyridine rings is 2. The van der Waals surface area contributed by atoms with Gasteiger partial charge in [-0.2, -0.15) is 0 Å². The number of carbonyl (C=O) groups excluding carboxylic acids is 1. The second-order valence-electron chi connectivity index (χ2n) is 8.05. The molecule has 3 atom stereocenters. The molecule has 2 aromatic rings. The number of aromatic nitrogens is 2. The van der Waals surface area contributed by atoms with Crippen molar-refractivity contribution in [3.8, 4) is 11.1 Å². The van der Waals surface area contributed by atoms with Crippen LogP contribution in [0.15, 0.2) is 41.5 Å². The van der Waals surface area contributed by atoms with Gasteiger partial charge in [0.1, 0.15) is 0 Å². The highest BCUT2D eigenvalue weighted by atomic mass is 16.2. The summed E-state index contributed by atoms with van der Waals surface area (Å²) in [7, 11) is 0. The molecule has 0 unspecified atom stereocenters. The van der Waals surface area contributed by atoms with Gasteiger partial charge in [0.15, 0.2) is 0 Å². The minimum atomic E-state index is -0.0206. The van der Waals surface area contributed by atoms with Crippen LogP contribution in [0.5, 0.6) is 0 Å². The van der Waals surface area contributed by atoms with Gasteiger partial charge in [0, 0.05) is 55.3 Å². The molecule has 140 valence electrons. The third-order valence-corrected chi connectivity index (χ3v) is 6.22. The van der Waals surface area contributed by atoms with Crippen molar-refractivity contribution in [2.24, 2.45) is 5.92 Å². The third-order valence-electron chi connectivity index (χ3n) is 6.22. The van der Waals surface area contributed by atoms with Gasteiger partial charge in [-0.1, -0.05) is 6.07 Å². The summed E-state index contributed by atoms with van der Waals surface area (Å²) in [6.07, 6.45) is 6.59. The van der Waals surface area contributed by atoms with Crippen LogP contribution in [-0.4, -0.2) is 46.0 Å². The SMILES string of the molecule is O=C([C@@H]1CCCN1)N1C[C@@H]2C[C@H](C1)c1cc(-c3cccnc3)cc(=O)n1C2. The summed E-state index contributed by atoms with van der Waals surface area (Å²) in [5.41, 5.74) is 2.99. The van der Waals surface area contributed by atoms with E-state index in [1.54, 1.807) is 18.5 Å². The van der Waals surface area contributed by atoms with E-state index >= 15 is 0 Å². The highest BCUT2D eigenvalue weighted by Gasteiger charge is 2.38. The normalized spacial score (nSPS) is 26.7. The number of amides is 1. The molecule has 2 aromatic heterocycles. The van der Waals surface area contributed by atoms with Gasteiger partial charge in [-0.3, -0.25) is 14.6 Å². The lowest BCUT2D eigenvalue weighted by Crippen LogP contribution is -2.53. The number of hydrogen-bond acceptors (Lipinski definition) is 4. The summed E-state index contributed by atoms with van der Waals surface area (Å²) in [5, 5.41) is 3.32. The summed E-state index contributed by atoms with van der Waals surface area (Å²) >= 11 is 0. The molecule has 5 heterocycles. The van der Waals surface area contributed by atoms with Gasteiger partial charge < -0.3 is 14.8 Å². The summed E-state index contributed by atoms with van der Waals surface area (Å²) in [6.45, 7) is 3.12. The number of rotatable bonds is 2. The summed E-state index contributed by atoms with van der Waals surface area (Å²) in [5.74, 6) is 0.831. The zero-order valence-corrected chi connectivity index (χ0v) is 15.3. The predicted molar refractivity (Wildman–Crippen MR) is 102 cm³/mol. The van der Waals surface area contributed by atoms with Gasteiger partial charge in [0.2, 0.25) is 5.91 Å². The lowest BCUT2D eigenvalue weighted by molar-refractivity contribution is -0.135. The molecule has 2 bridgehead atoms. The van der Waals surface area contributed by atoms with E-state index in [2.05, 4.69) is 16.4 Å². The maximum atomic E-state index is 12.9. The van der Waals surface area contributed by atoms with Crippen LogP contribution < -0.4 is 10.9 Å². The molecule has 6 heteroatoms. The van der Waals surface area contributed by atoms with Crippen molar-refractivity contribution in [1.29, 1.82) is 0 Å². The fourth-order valence-electron chi connectivity index (χ4n) is 4.95. The van der Waals surface area contributed by atoms with Crippen molar-refractivity contribution in [1.82, 2.24) is 19.8 Å². The van der Waals surface area contributed by atoms with E-state index in [1.807, 2.05) is 21.6 Å². The average Bonchev–Trinajstić information content (AvgIpc) is 3.23. The number of likely N-dealkylation sites (tertiary alicyclic amines) is 1. The third kappa shape index (κ3) is 2.98. The van der Waals surface area contributed by atoms with Crippen molar-refractivity contribution in [2.45, 2.75) is 37.8 Å². The van der Waals surface area contributed by atoms with Crippen molar-refractivity contribution in [3.05, 3.63) is 52.7 Å². The second-order valence-corrected chi connectivity index (χ2v) is 8.05. The Labute approximate surface area is 158 Å². The van der Waals surface area contributed by atoms with E-state index in [1.165, 1.54) is 0 Å². The zero-order valence-electron chi connectivity index (χ0n) is 15.3. The van der Waals surface area contributed by atoms with Crippen molar-refractivity contribution < 1.29 is 4.79 Å². The molecule has 1 N–H and O–H groups in total. The van der Waals surface area contributed by atoms with Crippen molar-refractivity contribution in [3.63, 3.8) is 0 Å². The molecular weight excluding hydrogens is 340 g/mol. The molecule has 0 aliphatic carbocycles. The molecule has 1 amide bonds. The Bertz CT molecular complexity index is 918. The van der Waals surface area contributed by atoms with Crippen LogP contribution in [-0.2, 0) is 11.3 Å². The maximum absolute atomic E-state index is 12.9. The average molecular weight is 364 g/mol. The van der Waals surface area contributed by atoms with Gasteiger partial charge in [0.05, 0.1) is 6.04 Å². The number of piperidine rings is 1. The number of carbonyl (C=O) groups is 1. The highest BCUT2D eigenvalue weighted by Crippen LogP contribution is 2.36. The molecule has 0 spiro atoms. The lowest BCUT2D eigenvalue weighted by Gasteiger charge is -2.43. The van der Waals surface area contributed by atoms with Crippen LogP contribution >= 0.6 is 0 Å². The Hall–Kier alpha value is -2.47. The minimum Gasteiger partial charge on any atom is -0.340 e. The molecule has 3 aliphatic heterocycles. The minimum absolute atomic E-state index is 0.0206. The second kappa shape index (κ2) is 6.60. The summed E-state index contributed by atoms with van der Waals surface area (Å²) in [4.78, 5) is 31.9. The van der Waals surface area contributed by atoms with Crippen LogP contribution in [0.4, 0.5) is 0 Å². The molecule has 0 aromatic carbocycles. The van der Waals surface area contributed by atoms with Gasteiger partial charge in [-0.05, 0) is 49.4 Å². The Morgan fingerprint density at radius 3 is 2.89 bits per heavy atom. The first-order chi connectivity index (χ1) is 13.2. The Kier molecular flexibility index (Phi) is 4.08. The molecule has 0 radical (unpaired) electrons. The van der Waals surface area contributed by atoms with Crippen LogP contribution in [0.1, 0.15) is 30.9 Å². The van der Waals surface area contributed by atoms with Crippen LogP contribution in [0, 0.1) is 5.92 Å². The Morgan fingerprint density at radius 2 is 2.11 bits per heavy atom. The predicted octanol–water partition coefficient (Wildman–Crippen LogP) is 1.61. The molecule has 27 heavy (non-hydrogen) atoms. The highest BCUT2D eigenvalue weighted by molar-refractivity contribution is 5.82. The van der Waals surface area contributed by atoms with Crippen LogP contribution in [0.25, 0.3) is 11.1 Å². The standard InChI is InChI=1S/C21H24N4O2/c26-20-9-16(15-3-1-5-22-10-15)8-19-17-7-14(12-25(19)20)11-24(13-17)21(27)18-4-2-6-23-18/h1,3,5,8-10,14,17-18,23H,2,4,6-7,11-13H2/t14-,17+,18-/m0/s1. The van der Waals surface area contributed by atoms with E-state index in [0.29, 0.717) is 19.0 Å². The maximum Gasteiger partial charge on any atom is 0.251 e. The van der Waals surface area contributed by atoms with Gasteiger partial charge >= 0.3 is 0 Å². The van der Waals surface area contributed by atoms with Crippen molar-refractivity contribution in [2.75, 3.05) is 19.6 Å². The zero-order chi connectivity index (χ0) is 18.4. The smallest absolute Gasteiger partial charge is 0.251 e. The van der Waals surface area contributed by atoms with E-state index in [9.17, 15) is 9.59 Å². The van der Waals surface area contributed by atoms with Crippen molar-refractivity contribution >= 4 is 5.91 Å². The van der Waals surface area contributed by atoms with E-state index in [0.717, 1.165) is 49.2 Å². The first-order valence-electron chi connectivity index (χ1n) is 9.86. The summed E-state index contributed by atoms with van der Waals surface area (Å²) < 4.78 is 1.92. The fourth-order valence-corrected chi connectivity index (χ4v) is 4.95. The van der Waals surface area contributed by atoms with Gasteiger partial charge in [-0.25, -0.2) is 0 Å². The first-order valence-corrected chi connectivity index (χ1v) is 9.86. The van der Waals surface area contributed by atoms with Gasteiger partial charge in [0.25, 0.3) is 5.56 Å². The molecule has 3 aliphatic rings. The largest absolute Gasteiger partial charge is 0.340 e. The van der Waals surface area contributed by atoms with Crippen LogP contribution in [0.3, 0.4) is 0 Å². The first kappa shape index (κ1) is 16.7. The van der Waals surface area contributed by atoms with Crippen LogP contribution in [0.2, 0.25) is 0 Å². The Balaban J connectivity index is 1.47. The lowest BCUT2D eigenvalue weighted by atomic mass is 9.82. The molecule has 5 rings (SSSR count). The Morgan fingerprint density at radius 1 is 1.19 bits per heavy atom. The van der Waals surface area contributed by atoms with Gasteiger partial charge in [-0.15, -0.1) is 0 Å². The molecule has 2 fully saturated rings. The number of hydrogen-bond donors (Lipinski definition) is 1. The van der Waals surface area contributed by atoms with E-state index < -0.39 is 0 Å². The molecule has 2 saturated heterocycles. The van der Waals surface area contributed by atoms with E-state index in [-0.39, 0.29) is 23.4 Å². The fraction of sp³-hybridized carbons (Fsp3) is 0.476. The molecule has 0 saturated carbocycles. The topological polar surface area (TPSA) is 67.2 Å². The number of fused-ring (bicyclic) bond motifs is 4. The molecule has 6 nitrogen and oxygen atoms in total. The van der Waals surface area contributed by atoms with E-state index in [4.69, 9.17) is 0 Å². The molecular formula is C21H24N4O2. The quantitative estimate of drug-likeness (QED) is 0.879. The number of nitrogens with one attached hydrogen (secondary N) is 1. The summed E-state index contributed by atoms with van der Waals surface area (Å²) in [6, 6.07) is 7.69.